The fraction of sp³-hybridized carbons (Fsp3) is 0.556. The van der Waals surface area contributed by atoms with Crippen LogP contribution in [0.4, 0.5) is 34.1 Å². The van der Waals surface area contributed by atoms with Crippen LogP contribution in [-0.2, 0) is 33.3 Å². The molecular formula is C36H44ClF3N6O6. The lowest BCUT2D eigenvalue weighted by atomic mass is 9.77. The normalized spacial score (nSPS) is 23.0. The molecule has 2 atom stereocenters. The molecule has 0 aliphatic carbocycles. The molecule has 4 aliphatic rings. The van der Waals surface area contributed by atoms with Crippen molar-refractivity contribution in [2.75, 3.05) is 50.3 Å². The highest BCUT2D eigenvalue weighted by Gasteiger charge is 2.57. The van der Waals surface area contributed by atoms with Crippen LogP contribution < -0.4 is 16.4 Å². The van der Waals surface area contributed by atoms with Gasteiger partial charge in [0.25, 0.3) is 0 Å². The van der Waals surface area contributed by atoms with E-state index in [-0.39, 0.29) is 43.2 Å². The maximum Gasteiger partial charge on any atom is 0.418 e. The van der Waals surface area contributed by atoms with Crippen molar-refractivity contribution in [2.24, 2.45) is 0 Å². The number of halogens is 4. The van der Waals surface area contributed by atoms with E-state index < -0.39 is 58.4 Å². The molecule has 1 unspecified atom stereocenters. The predicted molar refractivity (Wildman–Crippen MR) is 187 cm³/mol. The minimum atomic E-state index is -4.87. The standard InChI is InChI=1S/C36H44ClF3N6O6/c37-27-20-22(19-26(30(27)41)36(38,39)40)21-29(31(47)35(32(48)49)12-3-4-15-46(35)25-7-13-42-14-8-25)52-34(51)44-16-10-24(11-17-44)45-18-9-23-5-1-2-6-28(23)43-33(45)50/h1-2,5-6,19-20,24-25,29,42H,3-4,7-18,21,41H2,(H,43,50)(H,48,49)/t29-,35?/m0/s1. The number of amides is 3. The SMILES string of the molecule is Nc1c(Cl)cc(C[C@H](OC(=O)N2CCC(N3CCc4ccccc4NC3=O)CC2)C(=O)C2(C(=O)O)CCCCN2C2CCNCC2)cc1C(F)(F)F. The van der Waals surface area contributed by atoms with Crippen LogP contribution in [0, 0.1) is 0 Å². The third kappa shape index (κ3) is 7.67. The summed E-state index contributed by atoms with van der Waals surface area (Å²) in [6.07, 6.45) is -4.31. The molecule has 2 aromatic carbocycles. The number of aliphatic carboxylic acids is 1. The number of nitrogens with two attached hydrogens (primary N) is 1. The highest BCUT2D eigenvalue weighted by Crippen LogP contribution is 2.40. The molecule has 3 fully saturated rings. The van der Waals surface area contributed by atoms with Gasteiger partial charge < -0.3 is 36.0 Å². The number of para-hydroxylation sites is 1. The van der Waals surface area contributed by atoms with Gasteiger partial charge in [-0.3, -0.25) is 9.69 Å². The number of urea groups is 1. The molecule has 0 aromatic heterocycles. The van der Waals surface area contributed by atoms with Crippen molar-refractivity contribution < 1.29 is 42.2 Å². The monoisotopic (exact) mass is 748 g/mol. The smallest absolute Gasteiger partial charge is 0.418 e. The van der Waals surface area contributed by atoms with Crippen molar-refractivity contribution in [1.82, 2.24) is 20.0 Å². The zero-order chi connectivity index (χ0) is 37.2. The van der Waals surface area contributed by atoms with E-state index in [1.165, 1.54) is 11.0 Å². The van der Waals surface area contributed by atoms with E-state index in [1.807, 2.05) is 24.3 Å². The number of ether oxygens (including phenoxy) is 1. The number of likely N-dealkylation sites (tertiary alicyclic amines) is 2. The summed E-state index contributed by atoms with van der Waals surface area (Å²) in [7, 11) is 0. The fourth-order valence-electron chi connectivity index (χ4n) is 8.20. The minimum Gasteiger partial charge on any atom is -0.480 e. The number of carbonyl (C=O) groups excluding carboxylic acids is 3. The van der Waals surface area contributed by atoms with Gasteiger partial charge in [-0.05, 0) is 100 Å². The van der Waals surface area contributed by atoms with E-state index in [9.17, 15) is 37.5 Å². The number of carboxylic acids is 1. The molecule has 0 radical (unpaired) electrons. The molecule has 16 heteroatoms. The maximum absolute atomic E-state index is 14.7. The zero-order valence-corrected chi connectivity index (χ0v) is 29.5. The summed E-state index contributed by atoms with van der Waals surface area (Å²) < 4.78 is 47.7. The molecule has 4 aliphatic heterocycles. The summed E-state index contributed by atoms with van der Waals surface area (Å²) in [6.45, 7) is 2.45. The van der Waals surface area contributed by atoms with Gasteiger partial charge in [-0.1, -0.05) is 29.8 Å². The van der Waals surface area contributed by atoms with Crippen molar-refractivity contribution in [3.8, 4) is 0 Å². The molecule has 52 heavy (non-hydrogen) atoms. The van der Waals surface area contributed by atoms with Crippen LogP contribution in [0.15, 0.2) is 36.4 Å². The van der Waals surface area contributed by atoms with E-state index in [4.69, 9.17) is 22.1 Å². The van der Waals surface area contributed by atoms with Gasteiger partial charge in [-0.2, -0.15) is 13.2 Å². The van der Waals surface area contributed by atoms with Crippen molar-refractivity contribution in [2.45, 2.75) is 87.7 Å². The third-order valence-corrected chi connectivity index (χ3v) is 11.3. The number of hydrogen-bond acceptors (Lipinski definition) is 8. The Kier molecular flexibility index (Phi) is 11.2. The molecule has 0 saturated carbocycles. The number of Topliss-reactive ketones (excluding diaryl/α,β-unsaturated/α-hetero) is 1. The summed E-state index contributed by atoms with van der Waals surface area (Å²) >= 11 is 6.12. The number of nitrogens with zero attached hydrogens (tertiary/aromatic N) is 3. The van der Waals surface area contributed by atoms with E-state index in [2.05, 4.69) is 10.6 Å². The molecule has 3 saturated heterocycles. The van der Waals surface area contributed by atoms with Crippen LogP contribution in [0.25, 0.3) is 0 Å². The second-order valence-corrected chi connectivity index (χ2v) is 14.4. The zero-order valence-electron chi connectivity index (χ0n) is 28.7. The number of ketones is 1. The number of alkyl halides is 3. The second-order valence-electron chi connectivity index (χ2n) is 14.0. The average Bonchev–Trinajstić information content (AvgIpc) is 3.30. The van der Waals surface area contributed by atoms with Crippen LogP contribution in [-0.4, -0.2) is 107 Å². The van der Waals surface area contributed by atoms with Gasteiger partial charge in [0.15, 0.2) is 11.6 Å². The second kappa shape index (κ2) is 15.5. The van der Waals surface area contributed by atoms with E-state index in [1.54, 1.807) is 9.80 Å². The number of piperidine rings is 3. The summed E-state index contributed by atoms with van der Waals surface area (Å²) in [5.74, 6) is -2.29. The third-order valence-electron chi connectivity index (χ3n) is 10.9. The Labute approximate surface area is 304 Å². The minimum absolute atomic E-state index is 0.0391. The summed E-state index contributed by atoms with van der Waals surface area (Å²) in [5.41, 5.74) is 3.40. The molecular weight excluding hydrogens is 705 g/mol. The average molecular weight is 749 g/mol. The Balaban J connectivity index is 1.24. The molecule has 0 spiro atoms. The first-order chi connectivity index (χ1) is 24.8. The Bertz CT molecular complexity index is 1680. The Morgan fingerprint density at radius 3 is 2.42 bits per heavy atom. The number of rotatable bonds is 8. The molecule has 0 bridgehead atoms. The van der Waals surface area contributed by atoms with Crippen molar-refractivity contribution in [1.29, 1.82) is 0 Å². The Morgan fingerprint density at radius 1 is 1.02 bits per heavy atom. The quantitative estimate of drug-likeness (QED) is 0.211. The molecule has 282 valence electrons. The number of carbonyl (C=O) groups is 4. The molecule has 4 heterocycles. The summed E-state index contributed by atoms with van der Waals surface area (Å²) in [4.78, 5) is 59.8. The van der Waals surface area contributed by atoms with Gasteiger partial charge >= 0.3 is 24.3 Å². The number of fused-ring (bicyclic) bond motifs is 1. The fourth-order valence-corrected chi connectivity index (χ4v) is 8.44. The number of anilines is 2. The van der Waals surface area contributed by atoms with Gasteiger partial charge in [0.1, 0.15) is 0 Å². The molecule has 2 aromatic rings. The van der Waals surface area contributed by atoms with Crippen LogP contribution in [0.2, 0.25) is 5.02 Å². The molecule has 12 nitrogen and oxygen atoms in total. The van der Waals surface area contributed by atoms with Gasteiger partial charge in [-0.15, -0.1) is 0 Å². The number of benzene rings is 2. The van der Waals surface area contributed by atoms with Crippen molar-refractivity contribution in [3.63, 3.8) is 0 Å². The largest absolute Gasteiger partial charge is 0.480 e. The highest BCUT2D eigenvalue weighted by atomic mass is 35.5. The lowest BCUT2D eigenvalue weighted by Crippen LogP contribution is -2.68. The number of hydrogen-bond donors (Lipinski definition) is 4. The Hall–Kier alpha value is -4.08. The highest BCUT2D eigenvalue weighted by molar-refractivity contribution is 6.33. The maximum atomic E-state index is 14.7. The lowest BCUT2D eigenvalue weighted by Gasteiger charge is -2.49. The number of carboxylic acid groups (broad SMARTS) is 1. The van der Waals surface area contributed by atoms with Crippen LogP contribution in [0.1, 0.15) is 61.6 Å². The Morgan fingerprint density at radius 2 is 1.73 bits per heavy atom. The topological polar surface area (TPSA) is 158 Å². The van der Waals surface area contributed by atoms with Gasteiger partial charge in [0.05, 0.1) is 16.3 Å². The van der Waals surface area contributed by atoms with Crippen molar-refractivity contribution in [3.05, 3.63) is 58.1 Å². The van der Waals surface area contributed by atoms with Crippen LogP contribution >= 0.6 is 11.6 Å². The van der Waals surface area contributed by atoms with Gasteiger partial charge in [0, 0.05) is 43.8 Å². The first kappa shape index (κ1) is 37.7. The molecule has 6 rings (SSSR count). The molecule has 5 N–H and O–H groups in total. The summed E-state index contributed by atoms with van der Waals surface area (Å²) in [5, 5.41) is 16.6. The van der Waals surface area contributed by atoms with E-state index in [0.717, 1.165) is 17.3 Å². The lowest BCUT2D eigenvalue weighted by molar-refractivity contribution is -0.168. The number of nitrogen functional groups attached to an aromatic ring is 1. The van der Waals surface area contributed by atoms with Crippen molar-refractivity contribution >= 4 is 46.9 Å². The first-order valence-electron chi connectivity index (χ1n) is 17.8. The number of nitrogens with one attached hydrogen (secondary N) is 2. The van der Waals surface area contributed by atoms with Crippen LogP contribution in [0.3, 0.4) is 0 Å². The molecule has 3 amide bonds. The van der Waals surface area contributed by atoms with Gasteiger partial charge in [0.2, 0.25) is 5.78 Å². The van der Waals surface area contributed by atoms with Crippen LogP contribution in [0.5, 0.6) is 0 Å². The first-order valence-corrected chi connectivity index (χ1v) is 18.2. The predicted octanol–water partition coefficient (Wildman–Crippen LogP) is 5.17. The van der Waals surface area contributed by atoms with E-state index in [0.29, 0.717) is 71.1 Å². The summed E-state index contributed by atoms with van der Waals surface area (Å²) in [6, 6.07) is 8.87. The van der Waals surface area contributed by atoms with E-state index >= 15 is 0 Å². The van der Waals surface area contributed by atoms with Gasteiger partial charge in [-0.25, -0.2) is 14.4 Å².